The predicted molar refractivity (Wildman–Crippen MR) is 94.1 cm³/mol. The number of hydrogen-bond donors (Lipinski definition) is 1. The van der Waals surface area contributed by atoms with Gasteiger partial charge in [-0.25, -0.2) is 4.98 Å². The molecule has 2 N–H and O–H groups in total. The third-order valence-electron chi connectivity index (χ3n) is 3.90. The van der Waals surface area contributed by atoms with Crippen molar-refractivity contribution in [2.75, 3.05) is 18.0 Å². The lowest BCUT2D eigenvalue weighted by Gasteiger charge is -2.18. The number of nitro benzene ring substituents is 1. The van der Waals surface area contributed by atoms with Crippen molar-refractivity contribution in [3.63, 3.8) is 0 Å². The molecule has 1 saturated heterocycles. The second-order valence-corrected chi connectivity index (χ2v) is 6.08. The maximum atomic E-state index is 11.3. The molecule has 2 heterocycles. The number of benzene rings is 1. The molecule has 1 atom stereocenters. The van der Waals surface area contributed by atoms with Crippen LogP contribution < -0.4 is 10.6 Å². The van der Waals surface area contributed by atoms with E-state index in [4.69, 9.17) is 28.9 Å². The van der Waals surface area contributed by atoms with Gasteiger partial charge in [0.2, 0.25) is 5.95 Å². The molecule has 1 aliphatic heterocycles. The molecule has 0 aliphatic carbocycles. The van der Waals surface area contributed by atoms with Crippen LogP contribution in [0.3, 0.4) is 0 Å². The largest absolute Gasteiger partial charge is 0.341 e. The van der Waals surface area contributed by atoms with E-state index in [0.717, 1.165) is 13.0 Å². The molecule has 1 aromatic carbocycles. The molecule has 126 valence electrons. The topological polar surface area (TPSA) is 90.2 Å². The molecule has 0 bridgehead atoms. The summed E-state index contributed by atoms with van der Waals surface area (Å²) in [5.74, 6) is 0.673. The molecule has 0 amide bonds. The standard InChI is InChI=1S/C13H15Cl2N5O2.ClH/c1-2-19-9-5-8(14)10(15)12(20(21)22)11(9)17-13(19)18-4-3-7(16)6-18;/h5,7H,2-4,6,16H2,1H3;1H/t7-;/m1./s1. The minimum absolute atomic E-state index is 0. The zero-order valence-corrected chi connectivity index (χ0v) is 14.7. The minimum atomic E-state index is -0.539. The van der Waals surface area contributed by atoms with Gasteiger partial charge in [0.05, 0.1) is 15.5 Å². The number of nitrogens with two attached hydrogens (primary N) is 1. The molecule has 0 radical (unpaired) electrons. The zero-order chi connectivity index (χ0) is 16.0. The Morgan fingerprint density at radius 3 is 2.74 bits per heavy atom. The molecule has 23 heavy (non-hydrogen) atoms. The summed E-state index contributed by atoms with van der Waals surface area (Å²) >= 11 is 12.0. The molecule has 7 nitrogen and oxygen atoms in total. The summed E-state index contributed by atoms with van der Waals surface area (Å²) in [6, 6.07) is 1.72. The number of rotatable bonds is 3. The molecule has 2 aromatic rings. The van der Waals surface area contributed by atoms with Crippen molar-refractivity contribution in [1.82, 2.24) is 9.55 Å². The summed E-state index contributed by atoms with van der Waals surface area (Å²) in [7, 11) is 0. The monoisotopic (exact) mass is 379 g/mol. The Bertz CT molecular complexity index is 764. The summed E-state index contributed by atoms with van der Waals surface area (Å²) in [5, 5.41) is 11.4. The molecular weight excluding hydrogens is 365 g/mol. The lowest BCUT2D eigenvalue weighted by molar-refractivity contribution is -0.383. The summed E-state index contributed by atoms with van der Waals surface area (Å²) in [4.78, 5) is 17.3. The maximum Gasteiger partial charge on any atom is 0.317 e. The van der Waals surface area contributed by atoms with Crippen molar-refractivity contribution >= 4 is 58.3 Å². The van der Waals surface area contributed by atoms with E-state index in [-0.39, 0.29) is 39.7 Å². The quantitative estimate of drug-likeness (QED) is 0.652. The van der Waals surface area contributed by atoms with Gasteiger partial charge in [0.25, 0.3) is 0 Å². The van der Waals surface area contributed by atoms with Gasteiger partial charge in [0, 0.05) is 25.7 Å². The van der Waals surface area contributed by atoms with E-state index in [1.54, 1.807) is 6.07 Å². The lowest BCUT2D eigenvalue weighted by Crippen LogP contribution is -2.28. The first-order valence-electron chi connectivity index (χ1n) is 6.97. The van der Waals surface area contributed by atoms with Gasteiger partial charge in [-0.3, -0.25) is 10.1 Å². The van der Waals surface area contributed by atoms with Crippen LogP contribution in [0.15, 0.2) is 6.07 Å². The number of fused-ring (bicyclic) bond motifs is 1. The number of nitrogens with zero attached hydrogens (tertiary/aromatic N) is 4. The Kier molecular flexibility index (Phi) is 5.25. The fourth-order valence-electron chi connectivity index (χ4n) is 2.86. The van der Waals surface area contributed by atoms with Gasteiger partial charge in [-0.05, 0) is 19.4 Å². The second-order valence-electron chi connectivity index (χ2n) is 5.30. The van der Waals surface area contributed by atoms with Crippen LogP contribution in [0.5, 0.6) is 0 Å². The van der Waals surface area contributed by atoms with Crippen LogP contribution in [0.2, 0.25) is 10.0 Å². The second kappa shape index (κ2) is 6.68. The van der Waals surface area contributed by atoms with Crippen LogP contribution in [0.4, 0.5) is 11.6 Å². The van der Waals surface area contributed by atoms with Gasteiger partial charge in [-0.1, -0.05) is 23.2 Å². The number of nitro groups is 1. The molecule has 1 aliphatic rings. The van der Waals surface area contributed by atoms with E-state index in [1.807, 2.05) is 16.4 Å². The molecule has 0 spiro atoms. The van der Waals surface area contributed by atoms with E-state index in [2.05, 4.69) is 4.98 Å². The minimum Gasteiger partial charge on any atom is -0.341 e. The van der Waals surface area contributed by atoms with Crippen LogP contribution in [-0.2, 0) is 6.54 Å². The lowest BCUT2D eigenvalue weighted by atomic mass is 10.2. The van der Waals surface area contributed by atoms with Gasteiger partial charge >= 0.3 is 5.69 Å². The van der Waals surface area contributed by atoms with Gasteiger partial charge in [0.1, 0.15) is 5.02 Å². The molecule has 1 aromatic heterocycles. The molecular formula is C13H16Cl3N5O2. The molecule has 0 saturated carbocycles. The van der Waals surface area contributed by atoms with Gasteiger partial charge in [-0.15, -0.1) is 12.4 Å². The van der Waals surface area contributed by atoms with Gasteiger partial charge in [-0.2, -0.15) is 0 Å². The highest BCUT2D eigenvalue weighted by molar-refractivity contribution is 6.44. The molecule has 1 fully saturated rings. The Labute approximate surface area is 148 Å². The number of aryl methyl sites for hydroxylation is 1. The van der Waals surface area contributed by atoms with Crippen molar-refractivity contribution in [2.24, 2.45) is 5.73 Å². The van der Waals surface area contributed by atoms with Crippen molar-refractivity contribution < 1.29 is 4.92 Å². The smallest absolute Gasteiger partial charge is 0.317 e. The van der Waals surface area contributed by atoms with E-state index in [1.165, 1.54) is 0 Å². The third-order valence-corrected chi connectivity index (χ3v) is 4.68. The first kappa shape index (κ1) is 18.1. The number of anilines is 1. The fourth-order valence-corrected chi connectivity index (χ4v) is 3.27. The Hall–Kier alpha value is -1.28. The fraction of sp³-hybridized carbons (Fsp3) is 0.462. The molecule has 0 unspecified atom stereocenters. The Morgan fingerprint density at radius 2 is 2.22 bits per heavy atom. The SMILES string of the molecule is CCn1c(N2CC[C@@H](N)C2)nc2c([N+](=O)[O-])c(Cl)c(Cl)cc21.Cl. The van der Waals surface area contributed by atoms with E-state index in [0.29, 0.717) is 24.6 Å². The van der Waals surface area contributed by atoms with Crippen LogP contribution in [0, 0.1) is 10.1 Å². The molecule has 10 heteroatoms. The summed E-state index contributed by atoms with van der Waals surface area (Å²) in [6.07, 6.45) is 0.872. The highest BCUT2D eigenvalue weighted by atomic mass is 35.5. The highest BCUT2D eigenvalue weighted by Crippen LogP contribution is 2.40. The average Bonchev–Trinajstić information content (AvgIpc) is 3.02. The average molecular weight is 381 g/mol. The van der Waals surface area contributed by atoms with Crippen molar-refractivity contribution in [3.05, 3.63) is 26.2 Å². The number of imidazole rings is 1. The zero-order valence-electron chi connectivity index (χ0n) is 12.3. The summed E-state index contributed by atoms with van der Waals surface area (Å²) in [6.45, 7) is 4.03. The summed E-state index contributed by atoms with van der Waals surface area (Å²) in [5.41, 5.74) is 6.57. The van der Waals surface area contributed by atoms with Crippen molar-refractivity contribution in [3.8, 4) is 0 Å². The van der Waals surface area contributed by atoms with Crippen LogP contribution in [-0.4, -0.2) is 33.6 Å². The van der Waals surface area contributed by atoms with Crippen molar-refractivity contribution in [1.29, 1.82) is 0 Å². The van der Waals surface area contributed by atoms with Gasteiger partial charge in [0.15, 0.2) is 5.52 Å². The van der Waals surface area contributed by atoms with Crippen molar-refractivity contribution in [2.45, 2.75) is 25.9 Å². The number of halogens is 3. The Morgan fingerprint density at radius 1 is 1.52 bits per heavy atom. The first-order chi connectivity index (χ1) is 10.4. The van der Waals surface area contributed by atoms with Crippen LogP contribution >= 0.6 is 35.6 Å². The summed E-state index contributed by atoms with van der Waals surface area (Å²) < 4.78 is 1.91. The predicted octanol–water partition coefficient (Wildman–Crippen LogP) is 3.23. The van der Waals surface area contributed by atoms with Crippen LogP contribution in [0.25, 0.3) is 11.0 Å². The number of hydrogen-bond acceptors (Lipinski definition) is 5. The highest BCUT2D eigenvalue weighted by Gasteiger charge is 2.29. The Balaban J connectivity index is 0.00000192. The first-order valence-corrected chi connectivity index (χ1v) is 7.72. The number of aromatic nitrogens is 2. The third kappa shape index (κ3) is 2.94. The van der Waals surface area contributed by atoms with E-state index in [9.17, 15) is 10.1 Å². The van der Waals surface area contributed by atoms with E-state index < -0.39 is 4.92 Å². The van der Waals surface area contributed by atoms with Gasteiger partial charge < -0.3 is 15.2 Å². The maximum absolute atomic E-state index is 11.3. The normalized spacial score (nSPS) is 17.6. The van der Waals surface area contributed by atoms with E-state index >= 15 is 0 Å². The van der Waals surface area contributed by atoms with Crippen LogP contribution in [0.1, 0.15) is 13.3 Å². The molecule has 3 rings (SSSR count).